The second-order valence-electron chi connectivity index (χ2n) is 3.62. The highest BCUT2D eigenvalue weighted by atomic mass is 16.4. The van der Waals surface area contributed by atoms with Crippen molar-refractivity contribution in [1.82, 2.24) is 20.2 Å². The van der Waals surface area contributed by atoms with Gasteiger partial charge in [-0.25, -0.2) is 9.78 Å². The molecular weight excluding hydrogens is 236 g/mol. The van der Waals surface area contributed by atoms with Crippen molar-refractivity contribution in [2.24, 2.45) is 0 Å². The monoisotopic (exact) mass is 252 g/mol. The highest BCUT2D eigenvalue weighted by molar-refractivity contribution is 5.80. The SMILES string of the molecule is C=CCN(CC(=O)O)C(=O)NCCc1cnc[nH]1. The maximum absolute atomic E-state index is 11.7. The largest absolute Gasteiger partial charge is 0.480 e. The van der Waals surface area contributed by atoms with Gasteiger partial charge in [-0.1, -0.05) is 6.08 Å². The Balaban J connectivity index is 2.36. The van der Waals surface area contributed by atoms with E-state index in [-0.39, 0.29) is 13.1 Å². The number of hydrogen-bond donors (Lipinski definition) is 3. The zero-order valence-electron chi connectivity index (χ0n) is 9.93. The summed E-state index contributed by atoms with van der Waals surface area (Å²) in [5, 5.41) is 11.3. The van der Waals surface area contributed by atoms with Gasteiger partial charge in [0.25, 0.3) is 0 Å². The molecule has 0 aliphatic carbocycles. The van der Waals surface area contributed by atoms with E-state index in [4.69, 9.17) is 5.11 Å². The van der Waals surface area contributed by atoms with Crippen molar-refractivity contribution >= 4 is 12.0 Å². The number of amides is 2. The Hall–Kier alpha value is -2.31. The van der Waals surface area contributed by atoms with E-state index in [1.54, 1.807) is 12.5 Å². The average molecular weight is 252 g/mol. The van der Waals surface area contributed by atoms with Crippen LogP contribution in [0.5, 0.6) is 0 Å². The molecule has 1 heterocycles. The van der Waals surface area contributed by atoms with Crippen molar-refractivity contribution in [2.45, 2.75) is 6.42 Å². The van der Waals surface area contributed by atoms with Crippen LogP contribution in [-0.4, -0.2) is 51.6 Å². The van der Waals surface area contributed by atoms with Crippen LogP contribution in [0.25, 0.3) is 0 Å². The predicted molar refractivity (Wildman–Crippen MR) is 65.1 cm³/mol. The van der Waals surface area contributed by atoms with Gasteiger partial charge in [-0.2, -0.15) is 0 Å². The number of H-pyrrole nitrogens is 1. The number of carbonyl (C=O) groups excluding carboxylic acids is 1. The maximum atomic E-state index is 11.7. The van der Waals surface area contributed by atoms with Crippen molar-refractivity contribution in [2.75, 3.05) is 19.6 Å². The van der Waals surface area contributed by atoms with Crippen molar-refractivity contribution in [3.05, 3.63) is 30.9 Å². The lowest BCUT2D eigenvalue weighted by molar-refractivity contribution is -0.137. The molecule has 98 valence electrons. The zero-order valence-corrected chi connectivity index (χ0v) is 9.93. The normalized spacial score (nSPS) is 9.78. The van der Waals surface area contributed by atoms with Crippen molar-refractivity contribution in [3.8, 4) is 0 Å². The fraction of sp³-hybridized carbons (Fsp3) is 0.364. The summed E-state index contributed by atoms with van der Waals surface area (Å²) in [5.74, 6) is -1.06. The van der Waals surface area contributed by atoms with Crippen LogP contribution in [0.2, 0.25) is 0 Å². The Morgan fingerprint density at radius 1 is 1.61 bits per heavy atom. The van der Waals surface area contributed by atoms with E-state index in [1.165, 1.54) is 11.0 Å². The molecule has 0 saturated carbocycles. The number of nitrogens with zero attached hydrogens (tertiary/aromatic N) is 2. The number of aromatic nitrogens is 2. The molecule has 0 fully saturated rings. The van der Waals surface area contributed by atoms with Crippen LogP contribution in [0.15, 0.2) is 25.2 Å². The molecule has 1 rings (SSSR count). The number of urea groups is 1. The third-order valence-electron chi connectivity index (χ3n) is 2.19. The maximum Gasteiger partial charge on any atom is 0.323 e. The van der Waals surface area contributed by atoms with E-state index in [2.05, 4.69) is 21.9 Å². The van der Waals surface area contributed by atoms with Gasteiger partial charge in [0.1, 0.15) is 6.54 Å². The first-order valence-electron chi connectivity index (χ1n) is 5.46. The number of carboxylic acid groups (broad SMARTS) is 1. The van der Waals surface area contributed by atoms with Gasteiger partial charge in [0.2, 0.25) is 0 Å². The van der Waals surface area contributed by atoms with Gasteiger partial charge in [-0.15, -0.1) is 6.58 Å². The molecule has 0 atom stereocenters. The fourth-order valence-electron chi connectivity index (χ4n) is 1.38. The molecule has 0 saturated heterocycles. The zero-order chi connectivity index (χ0) is 13.4. The number of aliphatic carboxylic acids is 1. The smallest absolute Gasteiger partial charge is 0.323 e. The fourth-order valence-corrected chi connectivity index (χ4v) is 1.38. The molecule has 2 amide bonds. The number of carbonyl (C=O) groups is 2. The number of nitrogens with one attached hydrogen (secondary N) is 2. The van der Waals surface area contributed by atoms with Gasteiger partial charge in [-0.05, 0) is 0 Å². The molecule has 0 unspecified atom stereocenters. The Morgan fingerprint density at radius 2 is 2.39 bits per heavy atom. The van der Waals surface area contributed by atoms with Crippen LogP contribution >= 0.6 is 0 Å². The standard InChI is InChI=1S/C11H16N4O3/c1-2-5-15(7-10(16)17)11(18)13-4-3-9-6-12-8-14-9/h2,6,8H,1,3-5,7H2,(H,12,14)(H,13,18)(H,16,17). The summed E-state index contributed by atoms with van der Waals surface area (Å²) in [6.07, 6.45) is 5.33. The quantitative estimate of drug-likeness (QED) is 0.605. The van der Waals surface area contributed by atoms with Gasteiger partial charge in [0.05, 0.1) is 6.33 Å². The van der Waals surface area contributed by atoms with E-state index >= 15 is 0 Å². The van der Waals surface area contributed by atoms with E-state index < -0.39 is 12.0 Å². The molecule has 0 aliphatic heterocycles. The first-order valence-corrected chi connectivity index (χ1v) is 5.46. The summed E-state index contributed by atoms with van der Waals surface area (Å²) in [7, 11) is 0. The number of rotatable bonds is 7. The van der Waals surface area contributed by atoms with E-state index in [0.29, 0.717) is 13.0 Å². The molecule has 0 spiro atoms. The molecule has 1 aromatic heterocycles. The van der Waals surface area contributed by atoms with Crippen molar-refractivity contribution < 1.29 is 14.7 Å². The summed E-state index contributed by atoms with van der Waals surface area (Å²) in [4.78, 5) is 30.2. The Bertz CT molecular complexity index is 402. The lowest BCUT2D eigenvalue weighted by Gasteiger charge is -2.19. The number of carboxylic acids is 1. The third kappa shape index (κ3) is 4.69. The van der Waals surface area contributed by atoms with Crippen LogP contribution in [0.4, 0.5) is 4.79 Å². The minimum Gasteiger partial charge on any atom is -0.480 e. The summed E-state index contributed by atoms with van der Waals surface area (Å²) in [6, 6.07) is -0.420. The van der Waals surface area contributed by atoms with E-state index in [1.807, 2.05) is 0 Å². The Morgan fingerprint density at radius 3 is 2.94 bits per heavy atom. The first kappa shape index (κ1) is 13.8. The van der Waals surface area contributed by atoms with Gasteiger partial charge in [0, 0.05) is 31.4 Å². The van der Waals surface area contributed by atoms with Crippen LogP contribution in [0.3, 0.4) is 0 Å². The van der Waals surface area contributed by atoms with Crippen molar-refractivity contribution in [3.63, 3.8) is 0 Å². The molecule has 0 bridgehead atoms. The topological polar surface area (TPSA) is 98.3 Å². The second kappa shape index (κ2) is 7.10. The molecule has 0 aliphatic rings. The van der Waals surface area contributed by atoms with Crippen LogP contribution in [0, 0.1) is 0 Å². The van der Waals surface area contributed by atoms with Crippen LogP contribution in [0.1, 0.15) is 5.69 Å². The predicted octanol–water partition coefficient (Wildman–Crippen LogP) is 0.234. The van der Waals surface area contributed by atoms with Gasteiger partial charge >= 0.3 is 12.0 Å². The molecule has 0 radical (unpaired) electrons. The summed E-state index contributed by atoms with van der Waals surface area (Å²) in [5.41, 5.74) is 0.906. The highest BCUT2D eigenvalue weighted by Gasteiger charge is 2.14. The van der Waals surface area contributed by atoms with Crippen molar-refractivity contribution in [1.29, 1.82) is 0 Å². The summed E-state index contributed by atoms with van der Waals surface area (Å²) in [6.45, 7) is 3.75. The number of imidazole rings is 1. The van der Waals surface area contributed by atoms with Gasteiger partial charge in [-0.3, -0.25) is 4.79 Å². The molecule has 7 nitrogen and oxygen atoms in total. The lowest BCUT2D eigenvalue weighted by atomic mass is 10.3. The summed E-state index contributed by atoms with van der Waals surface area (Å²) >= 11 is 0. The second-order valence-corrected chi connectivity index (χ2v) is 3.62. The van der Waals surface area contributed by atoms with E-state index in [0.717, 1.165) is 5.69 Å². The molecule has 1 aromatic rings. The van der Waals surface area contributed by atoms with E-state index in [9.17, 15) is 9.59 Å². The van der Waals surface area contributed by atoms with Gasteiger partial charge < -0.3 is 20.3 Å². The Kier molecular flexibility index (Phi) is 5.43. The Labute approximate surface area is 105 Å². The molecule has 18 heavy (non-hydrogen) atoms. The molecule has 3 N–H and O–H groups in total. The number of aromatic amines is 1. The van der Waals surface area contributed by atoms with Crippen LogP contribution in [-0.2, 0) is 11.2 Å². The number of hydrogen-bond acceptors (Lipinski definition) is 3. The highest BCUT2D eigenvalue weighted by Crippen LogP contribution is 1.93. The third-order valence-corrected chi connectivity index (χ3v) is 2.19. The molecule has 0 aromatic carbocycles. The molecule has 7 heteroatoms. The first-order chi connectivity index (χ1) is 8.63. The molecular formula is C11H16N4O3. The minimum absolute atomic E-state index is 0.197. The minimum atomic E-state index is -1.06. The van der Waals surface area contributed by atoms with Gasteiger partial charge in [0.15, 0.2) is 0 Å². The lowest BCUT2D eigenvalue weighted by Crippen LogP contribution is -2.43. The average Bonchev–Trinajstić information content (AvgIpc) is 2.81. The summed E-state index contributed by atoms with van der Waals surface area (Å²) < 4.78 is 0. The van der Waals surface area contributed by atoms with Crippen LogP contribution < -0.4 is 5.32 Å².